The number of ether oxygens (including phenoxy) is 1. The highest BCUT2D eigenvalue weighted by molar-refractivity contribution is 5.89. The molecule has 0 saturated heterocycles. The zero-order valence-electron chi connectivity index (χ0n) is 14.8. The lowest BCUT2D eigenvalue weighted by Gasteiger charge is -2.04. The first-order chi connectivity index (χ1) is 11.6. The maximum absolute atomic E-state index is 11.3. The van der Waals surface area contributed by atoms with Gasteiger partial charge in [0.25, 0.3) is 0 Å². The van der Waals surface area contributed by atoms with Crippen LogP contribution in [0.15, 0.2) is 72.5 Å². The molecule has 4 nitrogen and oxygen atoms in total. The van der Waals surface area contributed by atoms with Gasteiger partial charge in [-0.15, -0.1) is 0 Å². The molecule has 0 spiro atoms. The van der Waals surface area contributed by atoms with Gasteiger partial charge in [-0.05, 0) is 24.6 Å². The number of hydrogen-bond acceptors (Lipinski definition) is 4. The summed E-state index contributed by atoms with van der Waals surface area (Å²) in [6.07, 6.45) is 8.83. The Morgan fingerprint density at radius 2 is 1.71 bits per heavy atom. The molecule has 128 valence electrons. The van der Waals surface area contributed by atoms with Crippen molar-refractivity contribution in [1.29, 1.82) is 0 Å². The van der Waals surface area contributed by atoms with Crippen LogP contribution < -0.4 is 0 Å². The lowest BCUT2D eigenvalue weighted by molar-refractivity contribution is 0.0600. The zero-order chi connectivity index (χ0) is 18.4. The zero-order valence-corrected chi connectivity index (χ0v) is 14.8. The molecule has 4 heteroatoms. The Morgan fingerprint density at radius 3 is 2.25 bits per heavy atom. The highest BCUT2D eigenvalue weighted by Gasteiger charge is 2.06. The highest BCUT2D eigenvalue weighted by atomic mass is 16.6. The molecule has 24 heavy (non-hydrogen) atoms. The number of carbonyl (C=O) groups is 1. The van der Waals surface area contributed by atoms with E-state index in [1.807, 2.05) is 39.0 Å². The second-order valence-electron chi connectivity index (χ2n) is 4.35. The van der Waals surface area contributed by atoms with Gasteiger partial charge in [-0.1, -0.05) is 68.6 Å². The van der Waals surface area contributed by atoms with E-state index >= 15 is 0 Å². The number of allylic oxidation sites excluding steroid dienone is 5. The maximum atomic E-state index is 11.3. The summed E-state index contributed by atoms with van der Waals surface area (Å²) in [5.74, 6) is 0.00606. The van der Waals surface area contributed by atoms with E-state index in [0.717, 1.165) is 11.1 Å². The van der Waals surface area contributed by atoms with E-state index in [-0.39, 0.29) is 5.97 Å². The van der Waals surface area contributed by atoms with Crippen molar-refractivity contribution >= 4 is 17.9 Å². The van der Waals surface area contributed by atoms with Crippen molar-refractivity contribution in [3.8, 4) is 0 Å². The second-order valence-corrected chi connectivity index (χ2v) is 4.35. The fourth-order valence-electron chi connectivity index (χ4n) is 1.46. The van der Waals surface area contributed by atoms with Gasteiger partial charge in [-0.25, -0.2) is 4.79 Å². The van der Waals surface area contributed by atoms with Crippen LogP contribution in [-0.2, 0) is 9.57 Å². The molecular formula is C20H25NO3. The predicted molar refractivity (Wildman–Crippen MR) is 101 cm³/mol. The van der Waals surface area contributed by atoms with E-state index in [4.69, 9.17) is 4.84 Å². The van der Waals surface area contributed by atoms with Crippen molar-refractivity contribution in [2.75, 3.05) is 7.11 Å². The molecule has 0 aliphatic carbocycles. The normalized spacial score (nSPS) is 10.9. The summed E-state index contributed by atoms with van der Waals surface area (Å²) in [4.78, 5) is 16.5. The molecule has 0 saturated carbocycles. The SMILES string of the molecule is C=C\C=C/C=C(C)/C=N/OC(=C)c1ccc(C(=O)OC)cc1.CC. The monoisotopic (exact) mass is 327 g/mol. The van der Waals surface area contributed by atoms with Crippen molar-refractivity contribution in [3.63, 3.8) is 0 Å². The quantitative estimate of drug-likeness (QED) is 0.228. The number of nitrogens with zero attached hydrogens (tertiary/aromatic N) is 1. The number of hydrogen-bond donors (Lipinski definition) is 0. The standard InChI is InChI=1S/C18H19NO3.C2H6/c1-5-6-7-8-14(2)13-19-22-15(3)16-9-11-17(12-10-16)18(20)21-4;1-2/h5-13H,1,3H2,2,4H3;1-2H3/b7-6-,14-8+,19-13+;. The van der Waals surface area contributed by atoms with Crippen molar-refractivity contribution in [3.05, 3.63) is 78.4 Å². The van der Waals surface area contributed by atoms with Crippen LogP contribution in [0.1, 0.15) is 36.7 Å². The summed E-state index contributed by atoms with van der Waals surface area (Å²) in [5.41, 5.74) is 2.13. The van der Waals surface area contributed by atoms with E-state index < -0.39 is 0 Å². The van der Waals surface area contributed by atoms with Gasteiger partial charge in [0.15, 0.2) is 5.76 Å². The number of carbonyl (C=O) groups excluding carboxylic acids is 1. The van der Waals surface area contributed by atoms with Gasteiger partial charge in [0.2, 0.25) is 0 Å². The highest BCUT2D eigenvalue weighted by Crippen LogP contribution is 2.15. The molecular weight excluding hydrogens is 302 g/mol. The Hall–Kier alpha value is -2.88. The number of benzene rings is 1. The van der Waals surface area contributed by atoms with Gasteiger partial charge in [0, 0.05) is 5.56 Å². The first-order valence-corrected chi connectivity index (χ1v) is 7.62. The molecule has 0 atom stereocenters. The van der Waals surface area contributed by atoms with Crippen molar-refractivity contribution < 1.29 is 14.4 Å². The van der Waals surface area contributed by atoms with Crippen molar-refractivity contribution in [1.82, 2.24) is 0 Å². The molecule has 0 heterocycles. The summed E-state index contributed by atoms with van der Waals surface area (Å²) in [7, 11) is 1.34. The molecule has 0 aromatic heterocycles. The summed E-state index contributed by atoms with van der Waals surface area (Å²) < 4.78 is 4.63. The third-order valence-corrected chi connectivity index (χ3v) is 2.65. The Labute approximate surface area is 144 Å². The summed E-state index contributed by atoms with van der Waals surface area (Å²) in [5, 5.41) is 3.86. The summed E-state index contributed by atoms with van der Waals surface area (Å²) in [6.45, 7) is 13.3. The fraction of sp³-hybridized carbons (Fsp3) is 0.200. The first kappa shape index (κ1) is 21.1. The molecule has 0 aliphatic rings. The Morgan fingerprint density at radius 1 is 1.12 bits per heavy atom. The van der Waals surface area contributed by atoms with Gasteiger partial charge in [0.1, 0.15) is 0 Å². The molecule has 1 rings (SSSR count). The third kappa shape index (κ3) is 7.94. The maximum Gasteiger partial charge on any atom is 0.337 e. The molecule has 0 N–H and O–H groups in total. The molecule has 0 bridgehead atoms. The van der Waals surface area contributed by atoms with Crippen LogP contribution in [0.3, 0.4) is 0 Å². The van der Waals surface area contributed by atoms with E-state index in [2.05, 4.69) is 23.1 Å². The van der Waals surface area contributed by atoms with E-state index in [9.17, 15) is 4.79 Å². The minimum atomic E-state index is -0.385. The molecule has 1 aromatic carbocycles. The van der Waals surface area contributed by atoms with Gasteiger partial charge in [0.05, 0.1) is 18.9 Å². The molecule has 0 aliphatic heterocycles. The minimum absolute atomic E-state index is 0.385. The van der Waals surface area contributed by atoms with Gasteiger partial charge >= 0.3 is 5.97 Å². The smallest absolute Gasteiger partial charge is 0.337 e. The van der Waals surface area contributed by atoms with Crippen molar-refractivity contribution in [2.45, 2.75) is 20.8 Å². The lowest BCUT2D eigenvalue weighted by Crippen LogP contribution is -2.00. The van der Waals surface area contributed by atoms with Gasteiger partial charge in [-0.2, -0.15) is 0 Å². The van der Waals surface area contributed by atoms with Crippen LogP contribution in [0.2, 0.25) is 0 Å². The Bertz CT molecular complexity index is 623. The van der Waals surface area contributed by atoms with Crippen LogP contribution in [0.4, 0.5) is 0 Å². The third-order valence-electron chi connectivity index (χ3n) is 2.65. The average molecular weight is 327 g/mol. The van der Waals surface area contributed by atoms with Crippen LogP contribution >= 0.6 is 0 Å². The first-order valence-electron chi connectivity index (χ1n) is 7.62. The summed E-state index contributed by atoms with van der Waals surface area (Å²) >= 11 is 0. The molecule has 1 aromatic rings. The number of oxime groups is 1. The topological polar surface area (TPSA) is 47.9 Å². The lowest BCUT2D eigenvalue weighted by atomic mass is 10.1. The Balaban J connectivity index is 0.00000254. The van der Waals surface area contributed by atoms with Crippen molar-refractivity contribution in [2.24, 2.45) is 5.16 Å². The molecule has 0 radical (unpaired) electrons. The fourth-order valence-corrected chi connectivity index (χ4v) is 1.46. The predicted octanol–water partition coefficient (Wildman–Crippen LogP) is 5.16. The van der Waals surface area contributed by atoms with Crippen LogP contribution in [0.25, 0.3) is 5.76 Å². The average Bonchev–Trinajstić information content (AvgIpc) is 2.63. The van der Waals surface area contributed by atoms with Gasteiger partial charge < -0.3 is 9.57 Å². The van der Waals surface area contributed by atoms with E-state index in [1.54, 1.807) is 36.6 Å². The molecule has 0 amide bonds. The van der Waals surface area contributed by atoms with Crippen LogP contribution in [0.5, 0.6) is 0 Å². The van der Waals surface area contributed by atoms with Gasteiger partial charge in [-0.3, -0.25) is 0 Å². The number of methoxy groups -OCH3 is 1. The molecule has 0 unspecified atom stereocenters. The molecule has 0 fully saturated rings. The largest absolute Gasteiger partial charge is 0.465 e. The van der Waals surface area contributed by atoms with E-state index in [1.165, 1.54) is 7.11 Å². The van der Waals surface area contributed by atoms with Crippen LogP contribution in [0, 0.1) is 0 Å². The second kappa shape index (κ2) is 12.6. The summed E-state index contributed by atoms with van der Waals surface area (Å²) in [6, 6.07) is 6.73. The number of esters is 1. The number of rotatable bonds is 7. The Kier molecular flexibility index (Phi) is 11.1. The van der Waals surface area contributed by atoms with Crippen LogP contribution in [-0.4, -0.2) is 19.3 Å². The minimum Gasteiger partial charge on any atom is -0.465 e. The van der Waals surface area contributed by atoms with E-state index in [0.29, 0.717) is 11.3 Å².